The van der Waals surface area contributed by atoms with Gasteiger partial charge in [0.2, 0.25) is 6.79 Å². The summed E-state index contributed by atoms with van der Waals surface area (Å²) in [4.78, 5) is 21.5. The monoisotopic (exact) mass is 225 g/mol. The highest BCUT2D eigenvalue weighted by atomic mass is 16.7. The first-order valence-electron chi connectivity index (χ1n) is 4.30. The van der Waals surface area contributed by atoms with Crippen molar-refractivity contribution < 1.29 is 23.9 Å². The van der Waals surface area contributed by atoms with Gasteiger partial charge in [-0.1, -0.05) is 0 Å². The number of esters is 1. The van der Waals surface area contributed by atoms with Crippen LogP contribution in [0, 0.1) is 10.1 Å². The minimum absolute atomic E-state index is 0.0565. The number of benzene rings is 1. The first-order chi connectivity index (χ1) is 7.65. The molecule has 0 radical (unpaired) electrons. The first-order valence-corrected chi connectivity index (χ1v) is 4.30. The van der Waals surface area contributed by atoms with Crippen LogP contribution in [0.25, 0.3) is 0 Å². The van der Waals surface area contributed by atoms with E-state index in [1.165, 1.54) is 12.1 Å². The Morgan fingerprint density at radius 2 is 2.25 bits per heavy atom. The Balaban J connectivity index is 2.64. The average molecular weight is 225 g/mol. The number of rotatable bonds is 2. The van der Waals surface area contributed by atoms with Gasteiger partial charge >= 0.3 is 5.97 Å². The third kappa shape index (κ3) is 1.42. The number of carbonyl (C=O) groups is 1. The summed E-state index contributed by atoms with van der Waals surface area (Å²) in [5, 5.41) is 10.7. The van der Waals surface area contributed by atoms with Gasteiger partial charge in [-0.15, -0.1) is 0 Å². The number of nitro benzene ring substituents is 1. The lowest BCUT2D eigenvalue weighted by molar-refractivity contribution is -0.385. The van der Waals surface area contributed by atoms with E-state index in [1.807, 2.05) is 0 Å². The number of nitro groups is 1. The van der Waals surface area contributed by atoms with Gasteiger partial charge in [0.25, 0.3) is 5.69 Å². The quantitative estimate of drug-likeness (QED) is 0.425. The maximum atomic E-state index is 11.4. The SMILES string of the molecule is COC(=O)c1c([N+](=O)[O-])ccc2c1OCO2. The number of fused-ring (bicyclic) bond motifs is 1. The third-order valence-corrected chi connectivity index (χ3v) is 2.10. The summed E-state index contributed by atoms with van der Waals surface area (Å²) in [6, 6.07) is 2.56. The molecule has 0 unspecified atom stereocenters. The van der Waals surface area contributed by atoms with Gasteiger partial charge in [0, 0.05) is 6.07 Å². The summed E-state index contributed by atoms with van der Waals surface area (Å²) >= 11 is 0. The lowest BCUT2D eigenvalue weighted by Gasteiger charge is -2.04. The molecule has 0 saturated carbocycles. The zero-order valence-electron chi connectivity index (χ0n) is 8.26. The van der Waals surface area contributed by atoms with E-state index in [0.29, 0.717) is 5.75 Å². The van der Waals surface area contributed by atoms with Crippen molar-refractivity contribution in [1.29, 1.82) is 0 Å². The van der Waals surface area contributed by atoms with Crippen molar-refractivity contribution in [1.82, 2.24) is 0 Å². The fraction of sp³-hybridized carbons (Fsp3) is 0.222. The fourth-order valence-corrected chi connectivity index (χ4v) is 1.41. The normalized spacial score (nSPS) is 12.3. The van der Waals surface area contributed by atoms with Crippen molar-refractivity contribution in [3.63, 3.8) is 0 Å². The van der Waals surface area contributed by atoms with E-state index in [4.69, 9.17) is 9.47 Å². The summed E-state index contributed by atoms with van der Waals surface area (Å²) in [5.74, 6) is -0.471. The minimum atomic E-state index is -0.825. The van der Waals surface area contributed by atoms with Crippen molar-refractivity contribution >= 4 is 11.7 Å². The Bertz CT molecular complexity index is 469. The van der Waals surface area contributed by atoms with Crippen LogP contribution in [-0.4, -0.2) is 24.8 Å². The molecule has 16 heavy (non-hydrogen) atoms. The van der Waals surface area contributed by atoms with Crippen LogP contribution in [0.3, 0.4) is 0 Å². The summed E-state index contributed by atoms with van der Waals surface area (Å²) in [6.45, 7) is -0.0690. The van der Waals surface area contributed by atoms with E-state index >= 15 is 0 Å². The Hall–Kier alpha value is -2.31. The fourth-order valence-electron chi connectivity index (χ4n) is 1.41. The van der Waals surface area contributed by atoms with E-state index in [1.54, 1.807) is 0 Å². The maximum Gasteiger partial charge on any atom is 0.348 e. The number of carbonyl (C=O) groups excluding carboxylic acids is 1. The number of nitrogens with zero attached hydrogens (tertiary/aromatic N) is 1. The predicted octanol–water partition coefficient (Wildman–Crippen LogP) is 1.11. The first kappa shape index (κ1) is 10.2. The van der Waals surface area contributed by atoms with Crippen LogP contribution in [0.5, 0.6) is 11.5 Å². The third-order valence-electron chi connectivity index (χ3n) is 2.10. The van der Waals surface area contributed by atoms with Crippen LogP contribution in [0.2, 0.25) is 0 Å². The molecule has 0 saturated heterocycles. The van der Waals surface area contributed by atoms with Gasteiger partial charge in [0.1, 0.15) is 0 Å². The number of hydrogen-bond acceptors (Lipinski definition) is 6. The molecule has 1 aromatic rings. The van der Waals surface area contributed by atoms with Gasteiger partial charge in [-0.2, -0.15) is 0 Å². The topological polar surface area (TPSA) is 87.9 Å². The van der Waals surface area contributed by atoms with Crippen molar-refractivity contribution in [3.8, 4) is 11.5 Å². The zero-order chi connectivity index (χ0) is 11.7. The molecule has 0 amide bonds. The van der Waals surface area contributed by atoms with Crippen LogP contribution in [0.15, 0.2) is 12.1 Å². The summed E-state index contributed by atoms with van der Waals surface area (Å²) < 4.78 is 14.5. The van der Waals surface area contributed by atoms with Crippen molar-refractivity contribution in [2.24, 2.45) is 0 Å². The summed E-state index contributed by atoms with van der Waals surface area (Å²) in [5.41, 5.74) is -0.585. The van der Waals surface area contributed by atoms with Crippen LogP contribution >= 0.6 is 0 Å². The molecule has 7 nitrogen and oxygen atoms in total. The van der Waals surface area contributed by atoms with E-state index < -0.39 is 10.9 Å². The van der Waals surface area contributed by atoms with Crippen LogP contribution < -0.4 is 9.47 Å². The van der Waals surface area contributed by atoms with Gasteiger partial charge in [0.05, 0.1) is 12.0 Å². The molecule has 1 aliphatic rings. The second-order valence-corrected chi connectivity index (χ2v) is 2.94. The van der Waals surface area contributed by atoms with Crippen molar-refractivity contribution in [2.45, 2.75) is 0 Å². The van der Waals surface area contributed by atoms with Gasteiger partial charge < -0.3 is 14.2 Å². The lowest BCUT2D eigenvalue weighted by atomic mass is 10.1. The average Bonchev–Trinajstić information content (AvgIpc) is 2.74. The Morgan fingerprint density at radius 1 is 1.50 bits per heavy atom. The largest absolute Gasteiger partial charge is 0.465 e. The summed E-state index contributed by atoms with van der Waals surface area (Å²) in [7, 11) is 1.14. The van der Waals surface area contributed by atoms with Gasteiger partial charge in [-0.25, -0.2) is 4.79 Å². The molecule has 0 bridgehead atoms. The van der Waals surface area contributed by atoms with Crippen molar-refractivity contribution in [2.75, 3.05) is 13.9 Å². The molecule has 0 fully saturated rings. The molecule has 0 atom stereocenters. The maximum absolute atomic E-state index is 11.4. The standard InChI is InChI=1S/C9H7NO6/c1-14-9(11)7-5(10(12)13)2-3-6-8(7)16-4-15-6/h2-3H,4H2,1H3. The number of ether oxygens (including phenoxy) is 3. The Morgan fingerprint density at radius 3 is 2.88 bits per heavy atom. The van der Waals surface area contributed by atoms with Crippen LogP contribution in [-0.2, 0) is 4.74 Å². The summed E-state index contributed by atoms with van der Waals surface area (Å²) in [6.07, 6.45) is 0. The van der Waals surface area contributed by atoms with Crippen molar-refractivity contribution in [3.05, 3.63) is 27.8 Å². The van der Waals surface area contributed by atoms with E-state index in [9.17, 15) is 14.9 Å². The molecular formula is C9H7NO6. The smallest absolute Gasteiger partial charge is 0.348 e. The Kier molecular flexibility index (Phi) is 2.35. The van der Waals surface area contributed by atoms with E-state index in [-0.39, 0.29) is 23.8 Å². The number of hydrogen-bond donors (Lipinski definition) is 0. The highest BCUT2D eigenvalue weighted by molar-refractivity contribution is 5.98. The molecular weight excluding hydrogens is 218 g/mol. The van der Waals surface area contributed by atoms with Gasteiger partial charge in [0.15, 0.2) is 17.1 Å². The zero-order valence-corrected chi connectivity index (χ0v) is 8.26. The van der Waals surface area contributed by atoms with Crippen LogP contribution in [0.1, 0.15) is 10.4 Å². The molecule has 7 heteroatoms. The lowest BCUT2D eigenvalue weighted by Crippen LogP contribution is -2.07. The molecule has 0 aliphatic carbocycles. The van der Waals surface area contributed by atoms with E-state index in [2.05, 4.69) is 4.74 Å². The highest BCUT2D eigenvalue weighted by Gasteiger charge is 2.31. The number of methoxy groups -OCH3 is 1. The molecule has 1 aromatic carbocycles. The molecule has 2 rings (SSSR count). The highest BCUT2D eigenvalue weighted by Crippen LogP contribution is 2.40. The van der Waals surface area contributed by atoms with Gasteiger partial charge in [-0.3, -0.25) is 10.1 Å². The predicted molar refractivity (Wildman–Crippen MR) is 50.6 cm³/mol. The molecule has 1 heterocycles. The van der Waals surface area contributed by atoms with Gasteiger partial charge in [-0.05, 0) is 6.07 Å². The molecule has 1 aliphatic heterocycles. The van der Waals surface area contributed by atoms with Crippen LogP contribution in [0.4, 0.5) is 5.69 Å². The van der Waals surface area contributed by atoms with E-state index in [0.717, 1.165) is 7.11 Å². The second-order valence-electron chi connectivity index (χ2n) is 2.94. The molecule has 0 spiro atoms. The molecule has 84 valence electrons. The molecule has 0 N–H and O–H groups in total. The second kappa shape index (κ2) is 3.69. The Labute approximate surface area is 89.7 Å². The minimum Gasteiger partial charge on any atom is -0.465 e. The molecule has 0 aromatic heterocycles.